The van der Waals surface area contributed by atoms with Crippen LogP contribution in [0.4, 0.5) is 0 Å². The fraction of sp³-hybridized carbons (Fsp3) is 0.600. The highest BCUT2D eigenvalue weighted by atomic mass is 16.5. The molecule has 1 aliphatic rings. The summed E-state index contributed by atoms with van der Waals surface area (Å²) >= 11 is 0. The molecule has 1 aliphatic carbocycles. The molecule has 2 nitrogen and oxygen atoms in total. The Hall–Kier alpha value is -1.02. The molecule has 0 unspecified atom stereocenters. The zero-order valence-electron chi connectivity index (χ0n) is 10.9. The van der Waals surface area contributed by atoms with E-state index in [0.29, 0.717) is 12.0 Å². The van der Waals surface area contributed by atoms with Crippen LogP contribution in [0.15, 0.2) is 24.3 Å². The predicted molar refractivity (Wildman–Crippen MR) is 71.4 cm³/mol. The van der Waals surface area contributed by atoms with Crippen molar-refractivity contribution in [2.75, 3.05) is 0 Å². The summed E-state index contributed by atoms with van der Waals surface area (Å²) in [5.41, 5.74) is 7.33. The molecule has 0 heterocycles. The number of para-hydroxylation sites is 1. The van der Waals surface area contributed by atoms with E-state index in [2.05, 4.69) is 38.1 Å². The molecule has 2 heteroatoms. The van der Waals surface area contributed by atoms with Crippen LogP contribution in [-0.2, 0) is 0 Å². The summed E-state index contributed by atoms with van der Waals surface area (Å²) in [6, 6.07) is 8.86. The van der Waals surface area contributed by atoms with Crippen molar-refractivity contribution in [1.29, 1.82) is 0 Å². The van der Waals surface area contributed by atoms with Crippen LogP contribution in [0.5, 0.6) is 5.75 Å². The van der Waals surface area contributed by atoms with E-state index in [1.165, 1.54) is 18.4 Å². The maximum absolute atomic E-state index is 5.96. The Balaban J connectivity index is 2.14. The van der Waals surface area contributed by atoms with Gasteiger partial charge in [-0.15, -0.1) is 0 Å². The normalized spacial score (nSPS) is 24.9. The molecule has 1 aromatic carbocycles. The number of nitrogens with two attached hydrogens (primary N) is 1. The SMILES string of the molecule is CC(C)Oc1ccccc1C1CCC(N)CC1. The van der Waals surface area contributed by atoms with E-state index < -0.39 is 0 Å². The summed E-state index contributed by atoms with van der Waals surface area (Å²) in [6.45, 7) is 4.15. The molecule has 0 saturated heterocycles. The first kappa shape index (κ1) is 12.4. The molecule has 2 N–H and O–H groups in total. The monoisotopic (exact) mass is 233 g/mol. The third-order valence-corrected chi connectivity index (χ3v) is 3.49. The summed E-state index contributed by atoms with van der Waals surface area (Å²) in [6.07, 6.45) is 4.91. The molecule has 1 saturated carbocycles. The minimum atomic E-state index is 0.238. The highest BCUT2D eigenvalue weighted by molar-refractivity contribution is 5.36. The molecule has 17 heavy (non-hydrogen) atoms. The van der Waals surface area contributed by atoms with Crippen molar-refractivity contribution in [3.05, 3.63) is 29.8 Å². The number of ether oxygens (including phenoxy) is 1. The van der Waals surface area contributed by atoms with Crippen molar-refractivity contribution in [2.45, 2.75) is 57.6 Å². The average molecular weight is 233 g/mol. The number of hydrogen-bond acceptors (Lipinski definition) is 2. The van der Waals surface area contributed by atoms with Crippen LogP contribution >= 0.6 is 0 Å². The van der Waals surface area contributed by atoms with E-state index in [0.717, 1.165) is 18.6 Å². The van der Waals surface area contributed by atoms with Gasteiger partial charge < -0.3 is 10.5 Å². The highest BCUT2D eigenvalue weighted by Crippen LogP contribution is 2.37. The van der Waals surface area contributed by atoms with Crippen molar-refractivity contribution in [3.8, 4) is 5.75 Å². The lowest BCUT2D eigenvalue weighted by Crippen LogP contribution is -2.26. The summed E-state index contributed by atoms with van der Waals surface area (Å²) in [5, 5.41) is 0. The molecule has 2 rings (SSSR count). The molecule has 0 atom stereocenters. The van der Waals surface area contributed by atoms with Crippen molar-refractivity contribution in [1.82, 2.24) is 0 Å². The van der Waals surface area contributed by atoms with Gasteiger partial charge in [0.25, 0.3) is 0 Å². The Kier molecular flexibility index (Phi) is 4.06. The van der Waals surface area contributed by atoms with Crippen molar-refractivity contribution < 1.29 is 4.74 Å². The lowest BCUT2D eigenvalue weighted by Gasteiger charge is -2.28. The fourth-order valence-corrected chi connectivity index (χ4v) is 2.61. The second-order valence-corrected chi connectivity index (χ2v) is 5.32. The van der Waals surface area contributed by atoms with Crippen LogP contribution in [0.3, 0.4) is 0 Å². The topological polar surface area (TPSA) is 35.2 Å². The molecule has 0 amide bonds. The number of hydrogen-bond donors (Lipinski definition) is 1. The van der Waals surface area contributed by atoms with Crippen molar-refractivity contribution in [3.63, 3.8) is 0 Å². The van der Waals surface area contributed by atoms with Gasteiger partial charge in [0, 0.05) is 6.04 Å². The number of rotatable bonds is 3. The largest absolute Gasteiger partial charge is 0.491 e. The van der Waals surface area contributed by atoms with Crippen molar-refractivity contribution >= 4 is 0 Å². The van der Waals surface area contributed by atoms with Crippen LogP contribution in [0.2, 0.25) is 0 Å². The Morgan fingerprint density at radius 2 is 1.76 bits per heavy atom. The van der Waals surface area contributed by atoms with E-state index in [1.807, 2.05) is 0 Å². The molecule has 0 aromatic heterocycles. The molecular formula is C15H23NO. The lowest BCUT2D eigenvalue weighted by atomic mass is 9.82. The number of benzene rings is 1. The summed E-state index contributed by atoms with van der Waals surface area (Å²) < 4.78 is 5.89. The van der Waals surface area contributed by atoms with Gasteiger partial charge in [-0.2, -0.15) is 0 Å². The fourth-order valence-electron chi connectivity index (χ4n) is 2.61. The first-order valence-corrected chi connectivity index (χ1v) is 6.68. The molecule has 0 aliphatic heterocycles. The van der Waals surface area contributed by atoms with Gasteiger partial charge in [0.05, 0.1) is 6.10 Å². The van der Waals surface area contributed by atoms with E-state index >= 15 is 0 Å². The smallest absolute Gasteiger partial charge is 0.123 e. The van der Waals surface area contributed by atoms with Crippen LogP contribution < -0.4 is 10.5 Å². The van der Waals surface area contributed by atoms with Gasteiger partial charge in [0.15, 0.2) is 0 Å². The summed E-state index contributed by atoms with van der Waals surface area (Å²) in [4.78, 5) is 0. The molecule has 0 spiro atoms. The molecule has 0 radical (unpaired) electrons. The van der Waals surface area contributed by atoms with Gasteiger partial charge in [-0.3, -0.25) is 0 Å². The summed E-state index contributed by atoms with van der Waals surface area (Å²) in [5.74, 6) is 1.69. The zero-order valence-corrected chi connectivity index (χ0v) is 10.9. The minimum absolute atomic E-state index is 0.238. The van der Waals surface area contributed by atoms with E-state index in [-0.39, 0.29) is 6.10 Å². The Bertz CT molecular complexity index is 354. The quantitative estimate of drug-likeness (QED) is 0.867. The molecule has 94 valence electrons. The Morgan fingerprint density at radius 1 is 1.12 bits per heavy atom. The third kappa shape index (κ3) is 3.22. The van der Waals surface area contributed by atoms with Crippen LogP contribution in [0, 0.1) is 0 Å². The molecule has 0 bridgehead atoms. The lowest BCUT2D eigenvalue weighted by molar-refractivity contribution is 0.236. The summed E-state index contributed by atoms with van der Waals surface area (Å²) in [7, 11) is 0. The average Bonchev–Trinajstić information content (AvgIpc) is 2.30. The van der Waals surface area contributed by atoms with E-state index in [1.54, 1.807) is 0 Å². The van der Waals surface area contributed by atoms with Crippen LogP contribution in [0.1, 0.15) is 51.0 Å². The van der Waals surface area contributed by atoms with Gasteiger partial charge >= 0.3 is 0 Å². The van der Waals surface area contributed by atoms with E-state index in [9.17, 15) is 0 Å². The Morgan fingerprint density at radius 3 is 2.41 bits per heavy atom. The van der Waals surface area contributed by atoms with Gasteiger partial charge in [0.1, 0.15) is 5.75 Å². The first-order valence-electron chi connectivity index (χ1n) is 6.68. The first-order chi connectivity index (χ1) is 8.16. The van der Waals surface area contributed by atoms with Crippen molar-refractivity contribution in [2.24, 2.45) is 5.73 Å². The second-order valence-electron chi connectivity index (χ2n) is 5.32. The van der Waals surface area contributed by atoms with Gasteiger partial charge in [0.2, 0.25) is 0 Å². The van der Waals surface area contributed by atoms with Crippen LogP contribution in [0.25, 0.3) is 0 Å². The minimum Gasteiger partial charge on any atom is -0.491 e. The van der Waals surface area contributed by atoms with E-state index in [4.69, 9.17) is 10.5 Å². The molecule has 1 aromatic rings. The van der Waals surface area contributed by atoms with Crippen LogP contribution in [-0.4, -0.2) is 12.1 Å². The second kappa shape index (κ2) is 5.54. The third-order valence-electron chi connectivity index (χ3n) is 3.49. The maximum atomic E-state index is 5.96. The van der Waals surface area contributed by atoms with Gasteiger partial charge in [-0.25, -0.2) is 0 Å². The van der Waals surface area contributed by atoms with Gasteiger partial charge in [-0.05, 0) is 57.1 Å². The highest BCUT2D eigenvalue weighted by Gasteiger charge is 2.22. The predicted octanol–water partition coefficient (Wildman–Crippen LogP) is 3.46. The standard InChI is InChI=1S/C15H23NO/c1-11(2)17-15-6-4-3-5-14(15)12-7-9-13(16)10-8-12/h3-6,11-13H,7-10,16H2,1-2H3. The zero-order chi connectivity index (χ0) is 12.3. The molecule has 1 fully saturated rings. The van der Waals surface area contributed by atoms with Gasteiger partial charge in [-0.1, -0.05) is 18.2 Å². The molecular weight excluding hydrogens is 210 g/mol. The Labute approximate surface area is 104 Å². The maximum Gasteiger partial charge on any atom is 0.123 e.